The molecule has 22 heavy (non-hydrogen) atoms. The van der Waals surface area contributed by atoms with E-state index in [-0.39, 0.29) is 5.91 Å². The third-order valence-electron chi connectivity index (χ3n) is 2.92. The van der Waals surface area contributed by atoms with Crippen LogP contribution >= 0.6 is 23.2 Å². The number of hydrogen-bond donors (Lipinski definition) is 2. The van der Waals surface area contributed by atoms with Gasteiger partial charge in [0, 0.05) is 6.54 Å². The summed E-state index contributed by atoms with van der Waals surface area (Å²) in [6, 6.07) is 16.2. The van der Waals surface area contributed by atoms with Gasteiger partial charge in [-0.15, -0.1) is 0 Å². The summed E-state index contributed by atoms with van der Waals surface area (Å²) in [5.41, 5.74) is 1.70. The lowest BCUT2D eigenvalue weighted by atomic mass is 10.1. The summed E-state index contributed by atoms with van der Waals surface area (Å²) in [4.78, 5) is 22.6. The molecule has 0 spiro atoms. The predicted molar refractivity (Wildman–Crippen MR) is 88.2 cm³/mol. The second-order valence-electron chi connectivity index (χ2n) is 4.50. The average Bonchev–Trinajstić information content (AvgIpc) is 2.54. The standard InChI is InChI=1S/C16H14Cl2N2O2/c17-14(18)16(22)20-13-9-5-4-8-12(13)15(21)19-10-11-6-2-1-3-7-11/h1-9,14H,10H2,(H,19,21)(H,20,22). The van der Waals surface area contributed by atoms with Gasteiger partial charge in [0.2, 0.25) is 0 Å². The number of para-hydroxylation sites is 1. The Kier molecular flexibility index (Phi) is 5.81. The Bertz CT molecular complexity index is 660. The van der Waals surface area contributed by atoms with Crippen LogP contribution < -0.4 is 10.6 Å². The summed E-state index contributed by atoms with van der Waals surface area (Å²) < 4.78 is 0. The number of benzene rings is 2. The summed E-state index contributed by atoms with van der Waals surface area (Å²) in [7, 11) is 0. The van der Waals surface area contributed by atoms with Gasteiger partial charge in [-0.2, -0.15) is 0 Å². The van der Waals surface area contributed by atoms with E-state index >= 15 is 0 Å². The fraction of sp³-hybridized carbons (Fsp3) is 0.125. The van der Waals surface area contributed by atoms with E-state index in [1.165, 1.54) is 0 Å². The second-order valence-corrected chi connectivity index (χ2v) is 5.60. The molecule has 2 aromatic rings. The van der Waals surface area contributed by atoms with Gasteiger partial charge in [0.1, 0.15) is 0 Å². The molecule has 4 nitrogen and oxygen atoms in total. The van der Waals surface area contributed by atoms with Crippen molar-refractivity contribution in [2.75, 3.05) is 5.32 Å². The Morgan fingerprint density at radius 2 is 1.59 bits per heavy atom. The first kappa shape index (κ1) is 16.3. The number of halogens is 2. The van der Waals surface area contributed by atoms with E-state index in [9.17, 15) is 9.59 Å². The highest BCUT2D eigenvalue weighted by molar-refractivity contribution is 6.54. The number of alkyl halides is 2. The Hall–Kier alpha value is -2.04. The van der Waals surface area contributed by atoms with Gasteiger partial charge >= 0.3 is 0 Å². The van der Waals surface area contributed by atoms with Gasteiger partial charge in [-0.1, -0.05) is 65.7 Å². The number of amides is 2. The molecule has 6 heteroatoms. The lowest BCUT2D eigenvalue weighted by Crippen LogP contribution is -2.26. The third-order valence-corrected chi connectivity index (χ3v) is 3.32. The molecule has 0 aliphatic heterocycles. The van der Waals surface area contributed by atoms with Gasteiger partial charge in [0.15, 0.2) is 4.84 Å². The van der Waals surface area contributed by atoms with Crippen LogP contribution in [-0.2, 0) is 11.3 Å². The summed E-state index contributed by atoms with van der Waals surface area (Å²) in [5.74, 6) is -0.868. The van der Waals surface area contributed by atoms with Crippen LogP contribution in [-0.4, -0.2) is 16.7 Å². The van der Waals surface area contributed by atoms with E-state index in [2.05, 4.69) is 10.6 Å². The predicted octanol–water partition coefficient (Wildman–Crippen LogP) is 3.36. The van der Waals surface area contributed by atoms with E-state index < -0.39 is 10.7 Å². The number of hydrogen-bond acceptors (Lipinski definition) is 2. The van der Waals surface area contributed by atoms with Gasteiger partial charge in [0.05, 0.1) is 11.3 Å². The smallest absolute Gasteiger partial charge is 0.257 e. The first-order valence-corrected chi connectivity index (χ1v) is 7.45. The molecule has 0 atom stereocenters. The quantitative estimate of drug-likeness (QED) is 0.822. The summed E-state index contributed by atoms with van der Waals surface area (Å²) >= 11 is 11.0. The molecule has 2 N–H and O–H groups in total. The Morgan fingerprint density at radius 3 is 2.27 bits per heavy atom. The molecule has 2 amide bonds. The molecule has 0 fully saturated rings. The van der Waals surface area contributed by atoms with Gasteiger partial charge in [-0.05, 0) is 17.7 Å². The largest absolute Gasteiger partial charge is 0.348 e. The minimum Gasteiger partial charge on any atom is -0.348 e. The molecule has 0 heterocycles. The van der Waals surface area contributed by atoms with Gasteiger partial charge in [-0.3, -0.25) is 9.59 Å². The fourth-order valence-corrected chi connectivity index (χ4v) is 1.96. The van der Waals surface area contributed by atoms with Crippen molar-refractivity contribution in [3.63, 3.8) is 0 Å². The highest BCUT2D eigenvalue weighted by Crippen LogP contribution is 2.17. The number of rotatable bonds is 5. The maximum Gasteiger partial charge on any atom is 0.257 e. The first-order chi connectivity index (χ1) is 10.6. The van der Waals surface area contributed by atoms with E-state index in [1.807, 2.05) is 30.3 Å². The zero-order chi connectivity index (χ0) is 15.9. The van der Waals surface area contributed by atoms with Crippen LogP contribution in [0.1, 0.15) is 15.9 Å². The van der Waals surface area contributed by atoms with Crippen molar-refractivity contribution in [1.82, 2.24) is 5.32 Å². The maximum atomic E-state index is 12.3. The maximum absolute atomic E-state index is 12.3. The lowest BCUT2D eigenvalue weighted by Gasteiger charge is -2.11. The summed E-state index contributed by atoms with van der Waals surface area (Å²) in [6.45, 7) is 0.398. The van der Waals surface area contributed by atoms with E-state index in [0.717, 1.165) is 5.56 Å². The highest BCUT2D eigenvalue weighted by atomic mass is 35.5. The van der Waals surface area contributed by atoms with Crippen molar-refractivity contribution < 1.29 is 9.59 Å². The average molecular weight is 337 g/mol. The first-order valence-electron chi connectivity index (χ1n) is 6.58. The molecule has 0 aromatic heterocycles. The molecular formula is C16H14Cl2N2O2. The van der Waals surface area contributed by atoms with E-state index in [4.69, 9.17) is 23.2 Å². The molecule has 2 aromatic carbocycles. The van der Waals surface area contributed by atoms with Crippen LogP contribution in [0.15, 0.2) is 54.6 Å². The molecule has 0 unspecified atom stereocenters. The van der Waals surface area contributed by atoms with Crippen molar-refractivity contribution in [1.29, 1.82) is 0 Å². The van der Waals surface area contributed by atoms with Crippen LogP contribution in [0, 0.1) is 0 Å². The molecule has 2 rings (SSSR count). The number of nitrogens with one attached hydrogen (secondary N) is 2. The van der Waals surface area contributed by atoms with Crippen LogP contribution in [0.3, 0.4) is 0 Å². The van der Waals surface area contributed by atoms with E-state index in [0.29, 0.717) is 17.8 Å². The molecule has 0 aliphatic rings. The molecule has 114 valence electrons. The zero-order valence-electron chi connectivity index (χ0n) is 11.6. The van der Waals surface area contributed by atoms with Crippen LogP contribution in [0.2, 0.25) is 0 Å². The van der Waals surface area contributed by atoms with Crippen molar-refractivity contribution in [2.24, 2.45) is 0 Å². The van der Waals surface area contributed by atoms with Crippen molar-refractivity contribution >= 4 is 40.7 Å². The Balaban J connectivity index is 2.07. The van der Waals surface area contributed by atoms with Gasteiger partial charge in [0.25, 0.3) is 11.8 Å². The summed E-state index contributed by atoms with van der Waals surface area (Å²) in [6.07, 6.45) is 0. The normalized spacial score (nSPS) is 10.3. The van der Waals surface area contributed by atoms with Gasteiger partial charge in [-0.25, -0.2) is 0 Å². The zero-order valence-corrected chi connectivity index (χ0v) is 13.1. The van der Waals surface area contributed by atoms with Crippen LogP contribution in [0.4, 0.5) is 5.69 Å². The van der Waals surface area contributed by atoms with Crippen molar-refractivity contribution in [3.05, 3.63) is 65.7 Å². The van der Waals surface area contributed by atoms with E-state index in [1.54, 1.807) is 24.3 Å². The Morgan fingerprint density at radius 1 is 0.955 bits per heavy atom. The molecule has 0 bridgehead atoms. The third kappa shape index (κ3) is 4.48. The minimum absolute atomic E-state index is 0.291. The lowest BCUT2D eigenvalue weighted by molar-refractivity contribution is -0.114. The van der Waals surface area contributed by atoms with Crippen LogP contribution in [0.5, 0.6) is 0 Å². The Labute approximate surface area is 138 Å². The fourth-order valence-electron chi connectivity index (χ4n) is 1.85. The topological polar surface area (TPSA) is 58.2 Å². The minimum atomic E-state index is -1.19. The molecule has 0 saturated carbocycles. The monoisotopic (exact) mass is 336 g/mol. The molecule has 0 aliphatic carbocycles. The number of carbonyl (C=O) groups is 2. The van der Waals surface area contributed by atoms with Crippen LogP contribution in [0.25, 0.3) is 0 Å². The second kappa shape index (κ2) is 7.82. The van der Waals surface area contributed by atoms with Crippen molar-refractivity contribution in [3.8, 4) is 0 Å². The SMILES string of the molecule is O=C(NCc1ccccc1)c1ccccc1NC(=O)C(Cl)Cl. The number of anilines is 1. The molecule has 0 radical (unpaired) electrons. The van der Waals surface area contributed by atoms with Crippen molar-refractivity contribution in [2.45, 2.75) is 11.4 Å². The molecular weight excluding hydrogens is 323 g/mol. The van der Waals surface area contributed by atoms with Gasteiger partial charge < -0.3 is 10.6 Å². The number of carbonyl (C=O) groups excluding carboxylic acids is 2. The molecule has 0 saturated heterocycles. The highest BCUT2D eigenvalue weighted by Gasteiger charge is 2.16. The summed E-state index contributed by atoms with van der Waals surface area (Å²) in [5, 5.41) is 5.33.